The molecule has 0 spiro atoms. The summed E-state index contributed by atoms with van der Waals surface area (Å²) in [4.78, 5) is 11.2. The molecular weight excluding hydrogens is 248 g/mol. The molecule has 1 saturated carbocycles. The number of rotatable bonds is 3. The maximum absolute atomic E-state index is 11.2. The maximum Gasteiger partial charge on any atom is 0.340 e. The fourth-order valence-electron chi connectivity index (χ4n) is 2.45. The van der Waals surface area contributed by atoms with Gasteiger partial charge in [-0.05, 0) is 49.6 Å². The molecule has 18 heavy (non-hydrogen) atoms. The molecule has 4 nitrogen and oxygen atoms in total. The minimum atomic E-state index is -0.889. The molecule has 2 rings (SSSR count). The Morgan fingerprint density at radius 3 is 2.61 bits per heavy atom. The summed E-state index contributed by atoms with van der Waals surface area (Å²) < 4.78 is 4.13. The summed E-state index contributed by atoms with van der Waals surface area (Å²) in [5, 5.41) is 13.3. The number of aryl methyl sites for hydroxylation is 1. The fraction of sp³-hybridized carbons (Fsp3) is 0.692. The van der Waals surface area contributed by atoms with E-state index in [2.05, 4.69) is 23.5 Å². The minimum absolute atomic E-state index is 0.338. The number of carboxylic acid groups (broad SMARTS) is 1. The monoisotopic (exact) mass is 268 g/mol. The first-order chi connectivity index (χ1) is 8.39. The number of aromatic carboxylic acids is 1. The highest BCUT2D eigenvalue weighted by molar-refractivity contribution is 7.10. The third kappa shape index (κ3) is 2.83. The average Bonchev–Trinajstić information content (AvgIpc) is 2.63. The predicted octanol–water partition coefficient (Wildman–Crippen LogP) is 3.53. The van der Waals surface area contributed by atoms with Crippen LogP contribution in [0.2, 0.25) is 0 Å². The standard InChI is InChI=1S/C13H20N2O2S/c1-8-10(12(16)17)11(18-15-8)14-9-4-6-13(2,3)7-5-9/h9,14H,4-7H2,1-3H3,(H,16,17). The lowest BCUT2D eigenvalue weighted by molar-refractivity contribution is 0.0697. The third-order valence-corrected chi connectivity index (χ3v) is 4.62. The van der Waals surface area contributed by atoms with Gasteiger partial charge in [-0.3, -0.25) is 0 Å². The Morgan fingerprint density at radius 2 is 2.06 bits per heavy atom. The van der Waals surface area contributed by atoms with Gasteiger partial charge in [0.05, 0.1) is 5.69 Å². The zero-order valence-corrected chi connectivity index (χ0v) is 11.9. The van der Waals surface area contributed by atoms with Crippen molar-refractivity contribution < 1.29 is 9.90 Å². The van der Waals surface area contributed by atoms with E-state index in [0.29, 0.717) is 27.7 Å². The molecule has 1 fully saturated rings. The van der Waals surface area contributed by atoms with Crippen LogP contribution in [0.5, 0.6) is 0 Å². The first kappa shape index (κ1) is 13.3. The van der Waals surface area contributed by atoms with Crippen LogP contribution in [0.15, 0.2) is 0 Å². The molecule has 1 aliphatic carbocycles. The number of anilines is 1. The lowest BCUT2D eigenvalue weighted by atomic mass is 9.75. The van der Waals surface area contributed by atoms with Crippen LogP contribution in [0, 0.1) is 12.3 Å². The van der Waals surface area contributed by atoms with Crippen molar-refractivity contribution in [1.29, 1.82) is 0 Å². The Kier molecular flexibility index (Phi) is 3.61. The molecule has 100 valence electrons. The summed E-state index contributed by atoms with van der Waals surface area (Å²) in [6.07, 6.45) is 4.57. The molecule has 1 aliphatic rings. The summed E-state index contributed by atoms with van der Waals surface area (Å²) in [6.45, 7) is 6.33. The van der Waals surface area contributed by atoms with Gasteiger partial charge in [0.2, 0.25) is 0 Å². The molecular formula is C13H20N2O2S. The topological polar surface area (TPSA) is 62.2 Å². The van der Waals surface area contributed by atoms with Crippen LogP contribution >= 0.6 is 11.5 Å². The Hall–Kier alpha value is -1.10. The molecule has 5 heteroatoms. The SMILES string of the molecule is Cc1nsc(NC2CCC(C)(C)CC2)c1C(=O)O. The number of aromatic nitrogens is 1. The lowest BCUT2D eigenvalue weighted by Gasteiger charge is -2.34. The molecule has 0 saturated heterocycles. The van der Waals surface area contributed by atoms with E-state index < -0.39 is 5.97 Å². The minimum Gasteiger partial charge on any atom is -0.478 e. The number of nitrogens with one attached hydrogen (secondary N) is 1. The van der Waals surface area contributed by atoms with Crippen LogP contribution in [-0.4, -0.2) is 21.5 Å². The zero-order chi connectivity index (χ0) is 13.3. The fourth-order valence-corrected chi connectivity index (χ4v) is 3.31. The molecule has 0 unspecified atom stereocenters. The second-order valence-corrected chi connectivity index (χ2v) is 6.63. The highest BCUT2D eigenvalue weighted by atomic mass is 32.1. The molecule has 1 aromatic rings. The van der Waals surface area contributed by atoms with E-state index in [1.807, 2.05) is 0 Å². The van der Waals surface area contributed by atoms with Crippen molar-refractivity contribution in [2.75, 3.05) is 5.32 Å². The van der Waals surface area contributed by atoms with E-state index in [9.17, 15) is 9.90 Å². The highest BCUT2D eigenvalue weighted by Crippen LogP contribution is 2.37. The van der Waals surface area contributed by atoms with E-state index in [0.717, 1.165) is 12.8 Å². The Balaban J connectivity index is 2.05. The Labute approximate surface area is 112 Å². The van der Waals surface area contributed by atoms with Crippen molar-refractivity contribution in [3.05, 3.63) is 11.3 Å². The third-order valence-electron chi connectivity index (χ3n) is 3.75. The van der Waals surface area contributed by atoms with E-state index >= 15 is 0 Å². The Morgan fingerprint density at radius 1 is 1.44 bits per heavy atom. The molecule has 0 radical (unpaired) electrons. The average molecular weight is 268 g/mol. The second-order valence-electron chi connectivity index (χ2n) is 5.86. The van der Waals surface area contributed by atoms with Crippen molar-refractivity contribution in [1.82, 2.24) is 4.37 Å². The van der Waals surface area contributed by atoms with Crippen molar-refractivity contribution in [3.63, 3.8) is 0 Å². The highest BCUT2D eigenvalue weighted by Gasteiger charge is 2.28. The van der Waals surface area contributed by atoms with Crippen molar-refractivity contribution in [2.24, 2.45) is 5.41 Å². The van der Waals surface area contributed by atoms with Gasteiger partial charge in [-0.1, -0.05) is 13.8 Å². The molecule has 0 bridgehead atoms. The van der Waals surface area contributed by atoms with Crippen molar-refractivity contribution >= 4 is 22.5 Å². The summed E-state index contributed by atoms with van der Waals surface area (Å²) >= 11 is 1.26. The van der Waals surface area contributed by atoms with Gasteiger partial charge in [0.15, 0.2) is 0 Å². The van der Waals surface area contributed by atoms with Crippen LogP contribution in [-0.2, 0) is 0 Å². The Bertz CT molecular complexity index is 444. The number of carbonyl (C=O) groups is 1. The van der Waals surface area contributed by atoms with Crippen molar-refractivity contribution in [2.45, 2.75) is 52.5 Å². The zero-order valence-electron chi connectivity index (χ0n) is 11.1. The van der Waals surface area contributed by atoms with Crippen LogP contribution in [0.25, 0.3) is 0 Å². The van der Waals surface area contributed by atoms with Gasteiger partial charge in [0.25, 0.3) is 0 Å². The van der Waals surface area contributed by atoms with Crippen LogP contribution in [0.4, 0.5) is 5.00 Å². The second kappa shape index (κ2) is 4.88. The molecule has 2 N–H and O–H groups in total. The summed E-state index contributed by atoms with van der Waals surface area (Å²) in [7, 11) is 0. The summed E-state index contributed by atoms with van der Waals surface area (Å²) in [5.41, 5.74) is 1.37. The van der Waals surface area contributed by atoms with Crippen molar-refractivity contribution in [3.8, 4) is 0 Å². The predicted molar refractivity (Wildman–Crippen MR) is 73.5 cm³/mol. The first-order valence-electron chi connectivity index (χ1n) is 6.35. The van der Waals surface area contributed by atoms with Crippen LogP contribution in [0.1, 0.15) is 55.6 Å². The summed E-state index contributed by atoms with van der Waals surface area (Å²) in [5.74, 6) is -0.889. The lowest BCUT2D eigenvalue weighted by Crippen LogP contribution is -2.30. The summed E-state index contributed by atoms with van der Waals surface area (Å²) in [6, 6.07) is 0.385. The van der Waals surface area contributed by atoms with E-state index in [4.69, 9.17) is 0 Å². The molecule has 1 heterocycles. The van der Waals surface area contributed by atoms with Gasteiger partial charge in [0, 0.05) is 6.04 Å². The van der Waals surface area contributed by atoms with Gasteiger partial charge in [0.1, 0.15) is 10.6 Å². The number of hydrogen-bond donors (Lipinski definition) is 2. The van der Waals surface area contributed by atoms with E-state index in [1.54, 1.807) is 6.92 Å². The molecule has 0 aliphatic heterocycles. The van der Waals surface area contributed by atoms with Gasteiger partial charge < -0.3 is 10.4 Å². The van der Waals surface area contributed by atoms with Gasteiger partial charge in [-0.2, -0.15) is 4.37 Å². The number of hydrogen-bond acceptors (Lipinski definition) is 4. The van der Waals surface area contributed by atoms with Gasteiger partial charge in [-0.25, -0.2) is 4.79 Å². The molecule has 0 amide bonds. The van der Waals surface area contributed by atoms with Crippen LogP contribution in [0.3, 0.4) is 0 Å². The van der Waals surface area contributed by atoms with E-state index in [-0.39, 0.29) is 0 Å². The number of carboxylic acids is 1. The molecule has 0 atom stereocenters. The quantitative estimate of drug-likeness (QED) is 0.880. The first-order valence-corrected chi connectivity index (χ1v) is 7.12. The van der Waals surface area contributed by atoms with Crippen LogP contribution < -0.4 is 5.32 Å². The largest absolute Gasteiger partial charge is 0.478 e. The van der Waals surface area contributed by atoms with E-state index in [1.165, 1.54) is 24.4 Å². The smallest absolute Gasteiger partial charge is 0.340 e. The molecule has 1 aromatic heterocycles. The maximum atomic E-state index is 11.2. The van der Waals surface area contributed by atoms with Gasteiger partial charge >= 0.3 is 5.97 Å². The molecule has 0 aromatic carbocycles. The normalized spacial score (nSPS) is 19.7. The number of nitrogens with zero attached hydrogens (tertiary/aromatic N) is 1. The van der Waals surface area contributed by atoms with Gasteiger partial charge in [-0.15, -0.1) is 0 Å².